The number of aliphatic hydroxyl groups is 1. The third-order valence-electron chi connectivity index (χ3n) is 3.01. The first kappa shape index (κ1) is 16.5. The molecule has 21 heavy (non-hydrogen) atoms. The minimum atomic E-state index is -0.783. The number of methoxy groups -OCH3 is 1. The van der Waals surface area contributed by atoms with Gasteiger partial charge in [0, 0.05) is 21.3 Å². The van der Waals surface area contributed by atoms with Gasteiger partial charge in [0.15, 0.2) is 0 Å². The molecule has 5 heteroatoms. The number of para-hydroxylation sites is 1. The lowest BCUT2D eigenvalue weighted by molar-refractivity contribution is 0.142. The highest BCUT2D eigenvalue weighted by Gasteiger charge is 2.18. The highest BCUT2D eigenvalue weighted by atomic mass is 127. The van der Waals surface area contributed by atoms with Gasteiger partial charge in [-0.15, -0.1) is 0 Å². The van der Waals surface area contributed by atoms with Crippen LogP contribution in [0.1, 0.15) is 17.2 Å². The van der Waals surface area contributed by atoms with E-state index < -0.39 is 6.10 Å². The summed E-state index contributed by atoms with van der Waals surface area (Å²) in [5, 5.41) is 11.3. The fourth-order valence-electron chi connectivity index (χ4n) is 1.96. The van der Waals surface area contributed by atoms with Gasteiger partial charge in [0.25, 0.3) is 0 Å². The van der Waals surface area contributed by atoms with Crippen molar-refractivity contribution in [3.63, 3.8) is 0 Å². The molecule has 112 valence electrons. The summed E-state index contributed by atoms with van der Waals surface area (Å²) in [6.45, 7) is 0.937. The Hall–Kier alpha value is -0.820. The Morgan fingerprint density at radius 2 is 1.90 bits per heavy atom. The lowest BCUT2D eigenvalue weighted by atomic mass is 10.0. The predicted molar refractivity (Wildman–Crippen MR) is 92.0 cm³/mol. The summed E-state index contributed by atoms with van der Waals surface area (Å²) < 4.78 is 11.6. The first-order chi connectivity index (χ1) is 10.1. The Morgan fingerprint density at radius 3 is 2.67 bits per heavy atom. The van der Waals surface area contributed by atoms with E-state index in [0.29, 0.717) is 29.5 Å². The van der Waals surface area contributed by atoms with E-state index >= 15 is 0 Å². The Balaban J connectivity index is 2.30. The SMILES string of the molecule is COCCOc1ccccc1C(O)c1cc(Cl)ccc1I. The molecule has 1 N–H and O–H groups in total. The maximum absolute atomic E-state index is 10.7. The van der Waals surface area contributed by atoms with Gasteiger partial charge in [-0.1, -0.05) is 29.8 Å². The first-order valence-corrected chi connectivity index (χ1v) is 7.93. The van der Waals surface area contributed by atoms with Crippen molar-refractivity contribution in [3.05, 3.63) is 62.2 Å². The van der Waals surface area contributed by atoms with Crippen molar-refractivity contribution in [1.82, 2.24) is 0 Å². The molecular formula is C16H16ClIO3. The lowest BCUT2D eigenvalue weighted by Gasteiger charge is -2.18. The van der Waals surface area contributed by atoms with Crippen LogP contribution in [0.4, 0.5) is 0 Å². The molecule has 1 atom stereocenters. The van der Waals surface area contributed by atoms with E-state index in [1.54, 1.807) is 19.2 Å². The smallest absolute Gasteiger partial charge is 0.125 e. The third-order valence-corrected chi connectivity index (χ3v) is 4.23. The van der Waals surface area contributed by atoms with Crippen molar-refractivity contribution in [2.24, 2.45) is 0 Å². The van der Waals surface area contributed by atoms with Crippen LogP contribution in [-0.2, 0) is 4.74 Å². The van der Waals surface area contributed by atoms with E-state index in [-0.39, 0.29) is 0 Å². The second-order valence-electron chi connectivity index (χ2n) is 4.45. The minimum absolute atomic E-state index is 0.437. The van der Waals surface area contributed by atoms with Crippen molar-refractivity contribution in [2.45, 2.75) is 6.10 Å². The van der Waals surface area contributed by atoms with Crippen LogP contribution in [-0.4, -0.2) is 25.4 Å². The highest BCUT2D eigenvalue weighted by molar-refractivity contribution is 14.1. The predicted octanol–water partition coefficient (Wildman–Crippen LogP) is 4.05. The van der Waals surface area contributed by atoms with Crippen LogP contribution in [0.2, 0.25) is 5.02 Å². The molecule has 0 spiro atoms. The number of hydrogen-bond acceptors (Lipinski definition) is 3. The van der Waals surface area contributed by atoms with E-state index in [2.05, 4.69) is 22.6 Å². The second kappa shape index (κ2) is 7.98. The van der Waals surface area contributed by atoms with Gasteiger partial charge >= 0.3 is 0 Å². The Bertz CT molecular complexity index is 604. The molecule has 2 aromatic rings. The molecule has 0 aliphatic carbocycles. The lowest BCUT2D eigenvalue weighted by Crippen LogP contribution is -2.09. The fraction of sp³-hybridized carbons (Fsp3) is 0.250. The summed E-state index contributed by atoms with van der Waals surface area (Å²) in [6.07, 6.45) is -0.783. The summed E-state index contributed by atoms with van der Waals surface area (Å²) in [4.78, 5) is 0. The van der Waals surface area contributed by atoms with Crippen molar-refractivity contribution in [1.29, 1.82) is 0 Å². The largest absolute Gasteiger partial charge is 0.491 e. The van der Waals surface area contributed by atoms with Gasteiger partial charge in [-0.05, 0) is 52.4 Å². The standard InChI is InChI=1S/C16H16ClIO3/c1-20-8-9-21-15-5-3-2-4-12(15)16(19)13-10-11(17)6-7-14(13)18/h2-7,10,16,19H,8-9H2,1H3. The molecule has 0 aromatic heterocycles. The molecule has 0 radical (unpaired) electrons. The van der Waals surface area contributed by atoms with Gasteiger partial charge < -0.3 is 14.6 Å². The van der Waals surface area contributed by atoms with Crippen molar-refractivity contribution in [3.8, 4) is 5.75 Å². The van der Waals surface area contributed by atoms with Crippen LogP contribution >= 0.6 is 34.2 Å². The van der Waals surface area contributed by atoms with Gasteiger partial charge in [0.2, 0.25) is 0 Å². The molecule has 0 saturated heterocycles. The normalized spacial score (nSPS) is 12.2. The number of aliphatic hydroxyl groups excluding tert-OH is 1. The van der Waals surface area contributed by atoms with Crippen molar-refractivity contribution in [2.75, 3.05) is 20.3 Å². The zero-order valence-electron chi connectivity index (χ0n) is 11.6. The number of ether oxygens (including phenoxy) is 2. The van der Waals surface area contributed by atoms with Gasteiger partial charge in [-0.3, -0.25) is 0 Å². The van der Waals surface area contributed by atoms with E-state index in [9.17, 15) is 5.11 Å². The molecule has 2 rings (SSSR count). The molecule has 0 saturated carbocycles. The van der Waals surface area contributed by atoms with Crippen LogP contribution < -0.4 is 4.74 Å². The maximum Gasteiger partial charge on any atom is 0.125 e. The average molecular weight is 419 g/mol. The van der Waals surface area contributed by atoms with Gasteiger partial charge in [-0.25, -0.2) is 0 Å². The minimum Gasteiger partial charge on any atom is -0.491 e. The Labute approximate surface area is 143 Å². The summed E-state index contributed by atoms with van der Waals surface area (Å²) in [5.74, 6) is 0.651. The van der Waals surface area contributed by atoms with Crippen molar-refractivity contribution >= 4 is 34.2 Å². The van der Waals surface area contributed by atoms with Crippen LogP contribution in [0.25, 0.3) is 0 Å². The summed E-state index contributed by atoms with van der Waals surface area (Å²) in [5.41, 5.74) is 1.49. The zero-order chi connectivity index (χ0) is 15.2. The number of rotatable bonds is 6. The molecule has 2 aromatic carbocycles. The average Bonchev–Trinajstić information content (AvgIpc) is 2.50. The quantitative estimate of drug-likeness (QED) is 0.568. The third kappa shape index (κ3) is 4.32. The van der Waals surface area contributed by atoms with Crippen LogP contribution in [0, 0.1) is 3.57 Å². The van der Waals surface area contributed by atoms with Crippen LogP contribution in [0.15, 0.2) is 42.5 Å². The molecule has 0 bridgehead atoms. The highest BCUT2D eigenvalue weighted by Crippen LogP contribution is 2.33. The molecule has 0 aliphatic rings. The summed E-state index contributed by atoms with van der Waals surface area (Å²) in [7, 11) is 1.62. The Kier molecular flexibility index (Phi) is 6.29. The molecule has 1 unspecified atom stereocenters. The molecule has 0 aliphatic heterocycles. The Morgan fingerprint density at radius 1 is 1.14 bits per heavy atom. The monoisotopic (exact) mass is 418 g/mol. The van der Waals surface area contributed by atoms with E-state index in [0.717, 1.165) is 9.13 Å². The van der Waals surface area contributed by atoms with Crippen molar-refractivity contribution < 1.29 is 14.6 Å². The molecular weight excluding hydrogens is 403 g/mol. The van der Waals surface area contributed by atoms with E-state index in [4.69, 9.17) is 21.1 Å². The molecule has 3 nitrogen and oxygen atoms in total. The number of benzene rings is 2. The first-order valence-electron chi connectivity index (χ1n) is 6.47. The molecule has 0 amide bonds. The van der Waals surface area contributed by atoms with E-state index in [1.807, 2.05) is 30.3 Å². The van der Waals surface area contributed by atoms with E-state index in [1.165, 1.54) is 0 Å². The summed E-state index contributed by atoms with van der Waals surface area (Å²) in [6, 6.07) is 12.9. The number of hydrogen-bond donors (Lipinski definition) is 1. The topological polar surface area (TPSA) is 38.7 Å². The number of halogens is 2. The van der Waals surface area contributed by atoms with Gasteiger partial charge in [0.05, 0.1) is 6.61 Å². The molecule has 0 heterocycles. The van der Waals surface area contributed by atoms with Crippen LogP contribution in [0.5, 0.6) is 5.75 Å². The zero-order valence-corrected chi connectivity index (χ0v) is 14.5. The van der Waals surface area contributed by atoms with Gasteiger partial charge in [0.1, 0.15) is 18.5 Å². The maximum atomic E-state index is 10.7. The fourth-order valence-corrected chi connectivity index (χ4v) is 2.78. The van der Waals surface area contributed by atoms with Crippen LogP contribution in [0.3, 0.4) is 0 Å². The van der Waals surface area contributed by atoms with Gasteiger partial charge in [-0.2, -0.15) is 0 Å². The summed E-state index contributed by atoms with van der Waals surface area (Å²) >= 11 is 8.21. The second-order valence-corrected chi connectivity index (χ2v) is 6.05. The molecule has 0 fully saturated rings.